The lowest BCUT2D eigenvalue weighted by atomic mass is 10.0. The van der Waals surface area contributed by atoms with Crippen LogP contribution >= 0.6 is 7.82 Å². The van der Waals surface area contributed by atoms with Crippen LogP contribution in [0.1, 0.15) is 213 Å². The first-order chi connectivity index (χ1) is 33.5. The first kappa shape index (κ1) is 66.2. The van der Waals surface area contributed by atoms with Crippen LogP contribution in [-0.4, -0.2) is 68.5 Å². The van der Waals surface area contributed by atoms with Crippen molar-refractivity contribution in [1.82, 2.24) is 5.32 Å². The molecule has 3 unspecified atom stereocenters. The van der Waals surface area contributed by atoms with Gasteiger partial charge >= 0.3 is 0 Å². The number of hydrogen-bond acceptors (Lipinski definition) is 6. The van der Waals surface area contributed by atoms with E-state index in [1.807, 2.05) is 27.2 Å². The van der Waals surface area contributed by atoms with Gasteiger partial charge in [0, 0.05) is 6.42 Å². The van der Waals surface area contributed by atoms with Crippen molar-refractivity contribution in [3.63, 3.8) is 0 Å². The van der Waals surface area contributed by atoms with Crippen molar-refractivity contribution >= 4 is 13.7 Å². The van der Waals surface area contributed by atoms with Crippen molar-refractivity contribution in [2.24, 2.45) is 0 Å². The first-order valence-electron chi connectivity index (χ1n) is 27.7. The van der Waals surface area contributed by atoms with Crippen LogP contribution in [0.2, 0.25) is 0 Å². The third-order valence-corrected chi connectivity index (χ3v) is 12.7. The van der Waals surface area contributed by atoms with Crippen molar-refractivity contribution in [3.05, 3.63) is 109 Å². The van der Waals surface area contributed by atoms with E-state index in [9.17, 15) is 19.4 Å². The van der Waals surface area contributed by atoms with E-state index in [4.69, 9.17) is 9.05 Å². The highest BCUT2D eigenvalue weighted by Crippen LogP contribution is 2.38. The summed E-state index contributed by atoms with van der Waals surface area (Å²) in [6.07, 6.45) is 73.0. The van der Waals surface area contributed by atoms with Crippen molar-refractivity contribution in [3.8, 4) is 0 Å². The van der Waals surface area contributed by atoms with E-state index in [1.54, 1.807) is 6.08 Å². The molecule has 0 radical (unpaired) electrons. The molecule has 0 heterocycles. The molecule has 69 heavy (non-hydrogen) atoms. The Morgan fingerprint density at radius 3 is 1.29 bits per heavy atom. The molecule has 0 aromatic carbocycles. The molecule has 0 aromatic rings. The Morgan fingerprint density at radius 1 is 0.522 bits per heavy atom. The van der Waals surface area contributed by atoms with Gasteiger partial charge in [-0.2, -0.15) is 0 Å². The predicted octanol–water partition coefficient (Wildman–Crippen LogP) is 16.2. The van der Waals surface area contributed by atoms with Gasteiger partial charge < -0.3 is 28.8 Å². The number of likely N-dealkylation sites (N-methyl/N-ethyl adjacent to an activating group) is 1. The van der Waals surface area contributed by atoms with Crippen molar-refractivity contribution in [2.45, 2.75) is 225 Å². The molecule has 9 heteroatoms. The number of unbranched alkanes of at least 4 members (excludes halogenated alkanes) is 20. The molecule has 0 aliphatic heterocycles. The molecule has 0 aliphatic rings. The Morgan fingerprint density at radius 2 is 0.884 bits per heavy atom. The van der Waals surface area contributed by atoms with Crippen LogP contribution in [0.4, 0.5) is 0 Å². The lowest BCUT2D eigenvalue weighted by Gasteiger charge is -2.29. The molecule has 3 atom stereocenters. The number of aliphatic hydroxyl groups is 1. The van der Waals surface area contributed by atoms with E-state index in [0.29, 0.717) is 17.4 Å². The summed E-state index contributed by atoms with van der Waals surface area (Å²) in [5, 5.41) is 13.8. The first-order valence-corrected chi connectivity index (χ1v) is 29.2. The smallest absolute Gasteiger partial charge is 0.268 e. The third kappa shape index (κ3) is 52.8. The molecule has 0 spiro atoms. The van der Waals surface area contributed by atoms with Crippen LogP contribution in [0.3, 0.4) is 0 Å². The summed E-state index contributed by atoms with van der Waals surface area (Å²) < 4.78 is 23.3. The molecular formula is C60H105N2O6P. The van der Waals surface area contributed by atoms with Gasteiger partial charge in [0.25, 0.3) is 7.82 Å². The SMILES string of the molecule is CC/C=C\C/C=C\C/C=C\C/C=C\C/C=C\C/C=C\C/C=C\C/C=C\CCCCC(=O)NC(COP(=O)([O-])OCC[N+](C)(C)C)C(O)/C=C/CCCCCCCCCCCCCCCCCCCC. The van der Waals surface area contributed by atoms with Gasteiger partial charge in [0.05, 0.1) is 39.9 Å². The zero-order valence-corrected chi connectivity index (χ0v) is 45.9. The van der Waals surface area contributed by atoms with E-state index in [1.165, 1.54) is 103 Å². The summed E-state index contributed by atoms with van der Waals surface area (Å²) in [7, 11) is 1.22. The number of phosphoric acid groups is 1. The normalized spacial score (nSPS) is 14.8. The minimum atomic E-state index is -4.62. The molecule has 1 amide bonds. The highest BCUT2D eigenvalue weighted by atomic mass is 31.2. The number of nitrogens with one attached hydrogen (secondary N) is 1. The van der Waals surface area contributed by atoms with Crippen LogP contribution < -0.4 is 10.2 Å². The maximum absolute atomic E-state index is 12.9. The average Bonchev–Trinajstić information content (AvgIpc) is 3.31. The van der Waals surface area contributed by atoms with E-state index in [0.717, 1.165) is 83.5 Å². The Kier molecular flexibility index (Phi) is 48.1. The van der Waals surface area contributed by atoms with Gasteiger partial charge in [0.1, 0.15) is 13.2 Å². The summed E-state index contributed by atoms with van der Waals surface area (Å²) in [5.41, 5.74) is 0. The monoisotopic (exact) mass is 981 g/mol. The minimum absolute atomic E-state index is 0.0157. The van der Waals surface area contributed by atoms with Crippen molar-refractivity contribution < 1.29 is 32.9 Å². The Bertz CT molecular complexity index is 1490. The number of amides is 1. The van der Waals surface area contributed by atoms with Gasteiger partial charge in [-0.05, 0) is 83.5 Å². The number of nitrogens with zero attached hydrogens (tertiary/aromatic N) is 1. The maximum atomic E-state index is 12.9. The van der Waals surface area contributed by atoms with E-state index in [-0.39, 0.29) is 18.9 Å². The maximum Gasteiger partial charge on any atom is 0.268 e. The topological polar surface area (TPSA) is 108 Å². The molecule has 0 aromatic heterocycles. The molecule has 0 saturated heterocycles. The molecule has 0 rings (SSSR count). The number of allylic oxidation sites excluding steroid dienone is 17. The standard InChI is InChI=1S/C60H105N2O6P/c1-6-8-10-12-14-16-18-20-22-24-26-28-29-30-31-32-33-34-36-38-40-42-44-46-48-50-52-54-60(64)61-58(57-68-69(65,66)67-56-55-62(3,4)5)59(63)53-51-49-47-45-43-41-39-37-35-27-25-23-21-19-17-15-13-11-9-7-2/h8,10,14,16,20,22,26,28,30-31,33-34,38,40,44,46,51,53,58-59,63H,6-7,9,11-13,15,17-19,21,23-25,27,29,32,35-37,39,41-43,45,47-50,52,54-57H2,1-5H3,(H-,61,64,65,66)/b10-8-,16-14-,22-20-,28-26-,31-30-,34-33-,40-38-,46-44-,53-51+. The van der Waals surface area contributed by atoms with Crippen LogP contribution in [0.5, 0.6) is 0 Å². The fourth-order valence-corrected chi connectivity index (χ4v) is 8.13. The highest BCUT2D eigenvalue weighted by molar-refractivity contribution is 7.45. The number of hydrogen-bond donors (Lipinski definition) is 2. The van der Waals surface area contributed by atoms with Crippen LogP contribution in [0, 0.1) is 0 Å². The second kappa shape index (κ2) is 50.1. The Labute approximate surface area is 425 Å². The molecule has 0 bridgehead atoms. The lowest BCUT2D eigenvalue weighted by molar-refractivity contribution is -0.870. The van der Waals surface area contributed by atoms with Crippen LogP contribution in [0.25, 0.3) is 0 Å². The molecule has 0 aliphatic carbocycles. The van der Waals surface area contributed by atoms with E-state index in [2.05, 4.69) is 116 Å². The number of carbonyl (C=O) groups is 1. The van der Waals surface area contributed by atoms with Gasteiger partial charge in [-0.1, -0.05) is 232 Å². The second-order valence-electron chi connectivity index (χ2n) is 19.6. The number of carbonyl (C=O) groups excluding carboxylic acids is 1. The second-order valence-corrected chi connectivity index (χ2v) is 21.0. The lowest BCUT2D eigenvalue weighted by Crippen LogP contribution is -2.45. The van der Waals surface area contributed by atoms with Gasteiger partial charge in [-0.25, -0.2) is 0 Å². The minimum Gasteiger partial charge on any atom is -0.756 e. The number of quaternary nitrogens is 1. The quantitative estimate of drug-likeness (QED) is 0.0272. The predicted molar refractivity (Wildman–Crippen MR) is 297 cm³/mol. The summed E-state index contributed by atoms with van der Waals surface area (Å²) in [4.78, 5) is 25.5. The molecule has 8 nitrogen and oxygen atoms in total. The summed E-state index contributed by atoms with van der Waals surface area (Å²) in [6, 6.07) is -0.919. The largest absolute Gasteiger partial charge is 0.756 e. The summed E-state index contributed by atoms with van der Waals surface area (Å²) in [6.45, 7) is 4.50. The van der Waals surface area contributed by atoms with Gasteiger partial charge in [-0.15, -0.1) is 0 Å². The number of phosphoric ester groups is 1. The average molecular weight is 981 g/mol. The molecule has 0 fully saturated rings. The van der Waals surface area contributed by atoms with Gasteiger partial charge in [0.15, 0.2) is 0 Å². The fraction of sp³-hybridized carbons (Fsp3) is 0.683. The van der Waals surface area contributed by atoms with Gasteiger partial charge in [0.2, 0.25) is 5.91 Å². The Hall–Kier alpha value is -2.84. The highest BCUT2D eigenvalue weighted by Gasteiger charge is 2.23. The van der Waals surface area contributed by atoms with Crippen LogP contribution in [0.15, 0.2) is 109 Å². The molecule has 0 saturated carbocycles. The molecular weight excluding hydrogens is 876 g/mol. The van der Waals surface area contributed by atoms with Crippen molar-refractivity contribution in [2.75, 3.05) is 40.9 Å². The van der Waals surface area contributed by atoms with E-state index >= 15 is 0 Å². The number of rotatable bonds is 49. The fourth-order valence-electron chi connectivity index (χ4n) is 7.40. The van der Waals surface area contributed by atoms with Gasteiger partial charge in [-0.3, -0.25) is 9.36 Å². The number of aliphatic hydroxyl groups excluding tert-OH is 1. The summed E-state index contributed by atoms with van der Waals surface area (Å²) in [5.74, 6) is -0.243. The van der Waals surface area contributed by atoms with Crippen LogP contribution in [-0.2, 0) is 18.4 Å². The molecule has 2 N–H and O–H groups in total. The zero-order chi connectivity index (χ0) is 50.6. The third-order valence-electron chi connectivity index (χ3n) is 11.7. The zero-order valence-electron chi connectivity index (χ0n) is 45.0. The van der Waals surface area contributed by atoms with Crippen molar-refractivity contribution in [1.29, 1.82) is 0 Å². The Balaban J connectivity index is 4.39. The van der Waals surface area contributed by atoms with E-state index < -0.39 is 26.6 Å². The summed E-state index contributed by atoms with van der Waals surface area (Å²) >= 11 is 0. The molecule has 396 valence electrons.